The van der Waals surface area contributed by atoms with Gasteiger partial charge in [-0.1, -0.05) is 19.8 Å². The Bertz CT molecular complexity index is 252. The largest absolute Gasteiger partial charge is 0.480 e. The van der Waals surface area contributed by atoms with Gasteiger partial charge in [0.2, 0.25) is 5.91 Å². The van der Waals surface area contributed by atoms with Crippen LogP contribution in [-0.4, -0.2) is 34.0 Å². The fourth-order valence-electron chi connectivity index (χ4n) is 1.88. The van der Waals surface area contributed by atoms with Crippen LogP contribution in [0.15, 0.2) is 0 Å². The molecule has 0 aromatic heterocycles. The molecule has 1 rings (SSSR count). The molecule has 0 bridgehead atoms. The third kappa shape index (κ3) is 4.43. The van der Waals surface area contributed by atoms with Crippen molar-refractivity contribution in [3.8, 4) is 0 Å². The highest BCUT2D eigenvalue weighted by molar-refractivity contribution is 8.01. The first-order valence-corrected chi connectivity index (χ1v) is 6.82. The van der Waals surface area contributed by atoms with Crippen LogP contribution in [0.25, 0.3) is 0 Å². The smallest absolute Gasteiger partial charge is 0.316 e. The van der Waals surface area contributed by atoms with E-state index in [0.717, 1.165) is 12.8 Å². The van der Waals surface area contributed by atoms with Crippen LogP contribution in [0.5, 0.6) is 0 Å². The van der Waals surface area contributed by atoms with E-state index in [-0.39, 0.29) is 11.7 Å². The number of aliphatic carboxylic acids is 1. The van der Waals surface area contributed by atoms with E-state index >= 15 is 0 Å². The van der Waals surface area contributed by atoms with Gasteiger partial charge in [0.25, 0.3) is 0 Å². The van der Waals surface area contributed by atoms with Gasteiger partial charge >= 0.3 is 5.97 Å². The standard InChI is InChI=1S/C11H19NO3S/c1-2-9(11(14)15)16-7-10(13)12-8-5-3-4-6-8/h8-9H,2-7H2,1H3,(H,12,13)(H,14,15). The van der Waals surface area contributed by atoms with Gasteiger partial charge in [0, 0.05) is 6.04 Å². The number of carbonyl (C=O) groups excluding carboxylic acids is 1. The van der Waals surface area contributed by atoms with Crippen molar-refractivity contribution in [2.24, 2.45) is 0 Å². The van der Waals surface area contributed by atoms with Crippen LogP contribution in [0.3, 0.4) is 0 Å². The molecule has 1 fully saturated rings. The Morgan fingerprint density at radius 3 is 2.56 bits per heavy atom. The molecule has 4 nitrogen and oxygen atoms in total. The topological polar surface area (TPSA) is 66.4 Å². The summed E-state index contributed by atoms with van der Waals surface area (Å²) in [5, 5.41) is 11.3. The van der Waals surface area contributed by atoms with E-state index < -0.39 is 11.2 Å². The van der Waals surface area contributed by atoms with Gasteiger partial charge in [-0.15, -0.1) is 11.8 Å². The Labute approximate surface area is 100 Å². The van der Waals surface area contributed by atoms with Gasteiger partial charge in [-0.25, -0.2) is 0 Å². The number of hydrogen-bond acceptors (Lipinski definition) is 3. The second kappa shape index (κ2) is 6.78. The Morgan fingerprint density at radius 2 is 2.06 bits per heavy atom. The van der Waals surface area contributed by atoms with Crippen LogP contribution in [0.4, 0.5) is 0 Å². The number of thioether (sulfide) groups is 1. The second-order valence-corrected chi connectivity index (χ2v) is 5.29. The van der Waals surface area contributed by atoms with Gasteiger partial charge < -0.3 is 10.4 Å². The summed E-state index contributed by atoms with van der Waals surface area (Å²) in [6, 6.07) is 0.318. The maximum Gasteiger partial charge on any atom is 0.316 e. The highest BCUT2D eigenvalue weighted by Gasteiger charge is 2.20. The Hall–Kier alpha value is -0.710. The molecule has 1 aliphatic rings. The molecule has 5 heteroatoms. The maximum atomic E-state index is 11.5. The molecule has 0 radical (unpaired) electrons. The molecule has 16 heavy (non-hydrogen) atoms. The lowest BCUT2D eigenvalue weighted by Crippen LogP contribution is -2.34. The highest BCUT2D eigenvalue weighted by atomic mass is 32.2. The average Bonchev–Trinajstić information content (AvgIpc) is 2.70. The van der Waals surface area contributed by atoms with Crippen molar-refractivity contribution >= 4 is 23.6 Å². The molecule has 92 valence electrons. The summed E-state index contributed by atoms with van der Waals surface area (Å²) >= 11 is 1.21. The third-order valence-corrected chi connectivity index (χ3v) is 4.15. The van der Waals surface area contributed by atoms with E-state index in [0.29, 0.717) is 12.5 Å². The number of amides is 1. The lowest BCUT2D eigenvalue weighted by atomic mass is 10.2. The van der Waals surface area contributed by atoms with Crippen molar-refractivity contribution in [3.63, 3.8) is 0 Å². The normalized spacial score (nSPS) is 18.3. The number of carboxylic acids is 1. The summed E-state index contributed by atoms with van der Waals surface area (Å²) in [7, 11) is 0. The van der Waals surface area contributed by atoms with Gasteiger partial charge in [0.15, 0.2) is 0 Å². The molecule has 0 spiro atoms. The van der Waals surface area contributed by atoms with Gasteiger partial charge in [-0.2, -0.15) is 0 Å². The van der Waals surface area contributed by atoms with E-state index in [9.17, 15) is 9.59 Å². The van der Waals surface area contributed by atoms with E-state index in [1.807, 2.05) is 6.92 Å². The van der Waals surface area contributed by atoms with Crippen molar-refractivity contribution in [1.82, 2.24) is 5.32 Å². The molecule has 1 atom stereocenters. The average molecular weight is 245 g/mol. The van der Waals surface area contributed by atoms with Crippen LogP contribution in [0.1, 0.15) is 39.0 Å². The molecule has 2 N–H and O–H groups in total. The quantitative estimate of drug-likeness (QED) is 0.746. The monoisotopic (exact) mass is 245 g/mol. The number of carboxylic acid groups (broad SMARTS) is 1. The fourth-order valence-corrected chi connectivity index (χ4v) is 2.69. The SMILES string of the molecule is CCC(SCC(=O)NC1CCCC1)C(=O)O. The minimum absolute atomic E-state index is 0.0309. The van der Waals surface area contributed by atoms with Gasteiger partial charge in [-0.3, -0.25) is 9.59 Å². The van der Waals surface area contributed by atoms with Crippen LogP contribution in [0.2, 0.25) is 0 Å². The first kappa shape index (κ1) is 13.4. The van der Waals surface area contributed by atoms with Gasteiger partial charge in [0.1, 0.15) is 5.25 Å². The lowest BCUT2D eigenvalue weighted by molar-refractivity contribution is -0.136. The van der Waals surface area contributed by atoms with Crippen LogP contribution in [-0.2, 0) is 9.59 Å². The molecule has 0 heterocycles. The first-order valence-electron chi connectivity index (χ1n) is 5.77. The molecule has 1 amide bonds. The molecular weight excluding hydrogens is 226 g/mol. The van der Waals surface area contributed by atoms with Crippen molar-refractivity contribution in [3.05, 3.63) is 0 Å². The number of rotatable bonds is 6. The number of hydrogen-bond donors (Lipinski definition) is 2. The van der Waals surface area contributed by atoms with Crippen molar-refractivity contribution in [2.75, 3.05) is 5.75 Å². The molecule has 0 aliphatic heterocycles. The van der Waals surface area contributed by atoms with Crippen LogP contribution in [0, 0.1) is 0 Å². The van der Waals surface area contributed by atoms with Crippen molar-refractivity contribution < 1.29 is 14.7 Å². The molecule has 0 aromatic carbocycles. The zero-order valence-electron chi connectivity index (χ0n) is 9.57. The number of nitrogens with one attached hydrogen (secondary N) is 1. The second-order valence-electron chi connectivity index (χ2n) is 4.10. The summed E-state index contributed by atoms with van der Waals surface area (Å²) in [6.45, 7) is 1.82. The van der Waals surface area contributed by atoms with Crippen LogP contribution < -0.4 is 5.32 Å². The molecule has 1 aliphatic carbocycles. The zero-order chi connectivity index (χ0) is 12.0. The van der Waals surface area contributed by atoms with E-state index in [1.165, 1.54) is 24.6 Å². The summed E-state index contributed by atoms with van der Waals surface area (Å²) in [5.74, 6) is -0.612. The minimum Gasteiger partial charge on any atom is -0.480 e. The Balaban J connectivity index is 2.20. The Kier molecular flexibility index (Phi) is 5.66. The highest BCUT2D eigenvalue weighted by Crippen LogP contribution is 2.18. The zero-order valence-corrected chi connectivity index (χ0v) is 10.4. The van der Waals surface area contributed by atoms with E-state index in [4.69, 9.17) is 5.11 Å². The predicted molar refractivity (Wildman–Crippen MR) is 64.6 cm³/mol. The van der Waals surface area contributed by atoms with Crippen molar-refractivity contribution in [1.29, 1.82) is 0 Å². The first-order chi connectivity index (χ1) is 7.63. The minimum atomic E-state index is -0.832. The number of carbonyl (C=O) groups is 2. The molecule has 1 unspecified atom stereocenters. The Morgan fingerprint density at radius 1 is 1.44 bits per heavy atom. The maximum absolute atomic E-state index is 11.5. The molecule has 1 saturated carbocycles. The predicted octanol–water partition coefficient (Wildman–Crippen LogP) is 1.64. The summed E-state index contributed by atoms with van der Waals surface area (Å²) in [5.41, 5.74) is 0. The summed E-state index contributed by atoms with van der Waals surface area (Å²) in [4.78, 5) is 22.3. The van der Waals surface area contributed by atoms with Gasteiger partial charge in [0.05, 0.1) is 5.75 Å². The van der Waals surface area contributed by atoms with E-state index in [2.05, 4.69) is 5.32 Å². The van der Waals surface area contributed by atoms with Gasteiger partial charge in [-0.05, 0) is 19.3 Å². The molecule has 0 aromatic rings. The van der Waals surface area contributed by atoms with Crippen molar-refractivity contribution in [2.45, 2.75) is 50.3 Å². The molecular formula is C11H19NO3S. The summed E-state index contributed by atoms with van der Waals surface area (Å²) < 4.78 is 0. The molecule has 0 saturated heterocycles. The third-order valence-electron chi connectivity index (χ3n) is 2.78. The van der Waals surface area contributed by atoms with Crippen LogP contribution >= 0.6 is 11.8 Å². The fraction of sp³-hybridized carbons (Fsp3) is 0.818. The lowest BCUT2D eigenvalue weighted by Gasteiger charge is -2.13. The summed E-state index contributed by atoms with van der Waals surface area (Å²) in [6.07, 6.45) is 5.05. The van der Waals surface area contributed by atoms with E-state index in [1.54, 1.807) is 0 Å².